The molecule has 3 N–H and O–H groups in total. The Morgan fingerprint density at radius 2 is 1.92 bits per heavy atom. The number of benzene rings is 2. The summed E-state index contributed by atoms with van der Waals surface area (Å²) in [5.74, 6) is -1.69. The van der Waals surface area contributed by atoms with Crippen molar-refractivity contribution in [1.29, 1.82) is 0 Å². The van der Waals surface area contributed by atoms with Crippen LogP contribution in [-0.4, -0.2) is 24.6 Å². The number of aromatic amines is 1. The van der Waals surface area contributed by atoms with Crippen molar-refractivity contribution in [1.82, 2.24) is 9.97 Å². The number of imidazole rings is 1. The molecule has 1 heterocycles. The maximum absolute atomic E-state index is 13.8. The van der Waals surface area contributed by atoms with Crippen LogP contribution in [0.15, 0.2) is 47.6 Å². The molecule has 1 aromatic heterocycles. The van der Waals surface area contributed by atoms with Crippen LogP contribution in [0, 0.1) is 11.6 Å². The molecule has 0 spiro atoms. The van der Waals surface area contributed by atoms with E-state index in [1.165, 1.54) is 42.6 Å². The third kappa shape index (κ3) is 3.56. The predicted molar refractivity (Wildman–Crippen MR) is 94.9 cm³/mol. The minimum absolute atomic E-state index is 0.127. The van der Waals surface area contributed by atoms with Crippen molar-refractivity contribution in [3.63, 3.8) is 0 Å². The Balaban J connectivity index is 2.23. The summed E-state index contributed by atoms with van der Waals surface area (Å²) in [6.45, 7) is 0. The van der Waals surface area contributed by atoms with Gasteiger partial charge in [0.15, 0.2) is 14.9 Å². The lowest BCUT2D eigenvalue weighted by Crippen LogP contribution is -2.09. The Labute approximate surface area is 153 Å². The fourth-order valence-corrected chi connectivity index (χ4v) is 3.36. The van der Waals surface area contributed by atoms with E-state index in [0.29, 0.717) is 11.1 Å². The SMILES string of the molecule is CS(=O)(=O)c1c[nH]c(C(c2ccc(F)c(Cl)c2)c2cc(F)ccc2N)n1. The fraction of sp³-hybridized carbons (Fsp3) is 0.118. The Morgan fingerprint density at radius 1 is 1.19 bits per heavy atom. The zero-order valence-corrected chi connectivity index (χ0v) is 15.1. The quantitative estimate of drug-likeness (QED) is 0.659. The molecule has 0 aliphatic rings. The summed E-state index contributed by atoms with van der Waals surface area (Å²) in [7, 11) is -3.55. The second-order valence-electron chi connectivity index (χ2n) is 5.78. The molecule has 0 radical (unpaired) electrons. The summed E-state index contributed by atoms with van der Waals surface area (Å²) in [6.07, 6.45) is 2.26. The number of rotatable bonds is 4. The van der Waals surface area contributed by atoms with E-state index in [1.54, 1.807) is 0 Å². The molecule has 136 valence electrons. The zero-order chi connectivity index (χ0) is 19.1. The highest BCUT2D eigenvalue weighted by Gasteiger charge is 2.25. The molecular weight excluding hydrogens is 384 g/mol. The molecule has 1 atom stereocenters. The van der Waals surface area contributed by atoms with Crippen molar-refractivity contribution in [3.8, 4) is 0 Å². The number of nitrogens with zero attached hydrogens (tertiary/aromatic N) is 1. The summed E-state index contributed by atoms with van der Waals surface area (Å²) in [5, 5.41) is -0.293. The standard InChI is InChI=1S/C17H14ClF2N3O2S/c1-26(24,25)15-8-22-17(23-15)16(9-2-4-13(20)12(18)6-9)11-7-10(19)3-5-14(11)21/h2-8,16H,21H2,1H3,(H,22,23). The van der Waals surface area contributed by atoms with Crippen LogP contribution in [-0.2, 0) is 9.84 Å². The molecule has 3 aromatic rings. The molecule has 0 saturated heterocycles. The highest BCUT2D eigenvalue weighted by atomic mass is 35.5. The van der Waals surface area contributed by atoms with Gasteiger partial charge in [-0.05, 0) is 41.5 Å². The van der Waals surface area contributed by atoms with Gasteiger partial charge in [-0.3, -0.25) is 0 Å². The Morgan fingerprint density at radius 3 is 2.54 bits per heavy atom. The Hall–Kier alpha value is -2.45. The van der Waals surface area contributed by atoms with Crippen LogP contribution >= 0.6 is 11.6 Å². The van der Waals surface area contributed by atoms with Crippen molar-refractivity contribution in [2.75, 3.05) is 12.0 Å². The van der Waals surface area contributed by atoms with E-state index in [1.807, 2.05) is 0 Å². The molecule has 0 saturated carbocycles. The van der Waals surface area contributed by atoms with Crippen LogP contribution in [0.1, 0.15) is 22.9 Å². The van der Waals surface area contributed by atoms with Gasteiger partial charge in [0.2, 0.25) is 0 Å². The number of halogens is 3. The van der Waals surface area contributed by atoms with Crippen LogP contribution in [0.2, 0.25) is 5.02 Å². The number of aromatic nitrogens is 2. The first kappa shape index (κ1) is 18.3. The molecule has 0 bridgehead atoms. The molecule has 5 nitrogen and oxygen atoms in total. The summed E-state index contributed by atoms with van der Waals surface area (Å²) in [6, 6.07) is 7.81. The van der Waals surface area contributed by atoms with E-state index in [4.69, 9.17) is 17.3 Å². The van der Waals surface area contributed by atoms with E-state index in [9.17, 15) is 17.2 Å². The van der Waals surface area contributed by atoms with Gasteiger partial charge in [-0.1, -0.05) is 17.7 Å². The van der Waals surface area contributed by atoms with E-state index in [0.717, 1.165) is 6.26 Å². The average molecular weight is 398 g/mol. The van der Waals surface area contributed by atoms with Gasteiger partial charge in [0.1, 0.15) is 17.5 Å². The van der Waals surface area contributed by atoms with Gasteiger partial charge >= 0.3 is 0 Å². The number of sulfone groups is 1. The average Bonchev–Trinajstić information content (AvgIpc) is 3.04. The van der Waals surface area contributed by atoms with Crippen LogP contribution in [0.5, 0.6) is 0 Å². The smallest absolute Gasteiger partial charge is 0.194 e. The topological polar surface area (TPSA) is 88.8 Å². The van der Waals surface area contributed by atoms with E-state index in [2.05, 4.69) is 9.97 Å². The lowest BCUT2D eigenvalue weighted by Gasteiger charge is -2.18. The molecule has 0 aliphatic heterocycles. The third-order valence-electron chi connectivity index (χ3n) is 3.86. The first-order valence-electron chi connectivity index (χ1n) is 7.42. The lowest BCUT2D eigenvalue weighted by atomic mass is 9.89. The first-order chi connectivity index (χ1) is 12.2. The normalized spacial score (nSPS) is 12.9. The van der Waals surface area contributed by atoms with Gasteiger partial charge in [-0.15, -0.1) is 0 Å². The van der Waals surface area contributed by atoms with E-state index in [-0.39, 0.29) is 21.6 Å². The van der Waals surface area contributed by atoms with Crippen molar-refractivity contribution in [3.05, 3.63) is 76.2 Å². The number of hydrogen-bond acceptors (Lipinski definition) is 4. The largest absolute Gasteiger partial charge is 0.398 e. The van der Waals surface area contributed by atoms with E-state index >= 15 is 0 Å². The number of hydrogen-bond donors (Lipinski definition) is 2. The molecule has 9 heteroatoms. The first-order valence-corrected chi connectivity index (χ1v) is 9.69. The van der Waals surface area contributed by atoms with Crippen molar-refractivity contribution < 1.29 is 17.2 Å². The highest BCUT2D eigenvalue weighted by Crippen LogP contribution is 2.35. The van der Waals surface area contributed by atoms with Gasteiger partial charge in [-0.2, -0.15) is 0 Å². The maximum Gasteiger partial charge on any atom is 0.194 e. The van der Waals surface area contributed by atoms with Crippen molar-refractivity contribution in [2.45, 2.75) is 10.9 Å². The highest BCUT2D eigenvalue weighted by molar-refractivity contribution is 7.90. The van der Waals surface area contributed by atoms with Crippen LogP contribution in [0.4, 0.5) is 14.5 Å². The van der Waals surface area contributed by atoms with Crippen molar-refractivity contribution >= 4 is 27.1 Å². The summed E-state index contributed by atoms with van der Waals surface area (Å²) >= 11 is 5.87. The number of nitrogens with one attached hydrogen (secondary N) is 1. The number of nitrogen functional groups attached to an aromatic ring is 1. The van der Waals surface area contributed by atoms with Crippen molar-refractivity contribution in [2.24, 2.45) is 0 Å². The zero-order valence-electron chi connectivity index (χ0n) is 13.5. The van der Waals surface area contributed by atoms with Gasteiger partial charge in [0, 0.05) is 18.1 Å². The number of H-pyrrole nitrogens is 1. The molecule has 2 aromatic carbocycles. The molecule has 0 amide bonds. The summed E-state index contributed by atoms with van der Waals surface area (Å²) in [4.78, 5) is 6.88. The van der Waals surface area contributed by atoms with E-state index < -0.39 is 27.4 Å². The Kier molecular flexibility index (Phi) is 4.72. The van der Waals surface area contributed by atoms with Gasteiger partial charge in [0.05, 0.1) is 10.9 Å². The van der Waals surface area contributed by atoms with Crippen LogP contribution in [0.3, 0.4) is 0 Å². The van der Waals surface area contributed by atoms with Gasteiger partial charge in [-0.25, -0.2) is 22.2 Å². The monoisotopic (exact) mass is 397 g/mol. The summed E-state index contributed by atoms with van der Waals surface area (Å²) < 4.78 is 50.8. The fourth-order valence-electron chi connectivity index (χ4n) is 2.63. The molecule has 1 unspecified atom stereocenters. The molecule has 0 fully saturated rings. The number of anilines is 1. The minimum Gasteiger partial charge on any atom is -0.398 e. The third-order valence-corrected chi connectivity index (χ3v) is 5.12. The van der Waals surface area contributed by atoms with Crippen LogP contribution < -0.4 is 5.73 Å². The minimum atomic E-state index is -3.55. The maximum atomic E-state index is 13.8. The van der Waals surface area contributed by atoms with Crippen LogP contribution in [0.25, 0.3) is 0 Å². The predicted octanol–water partition coefficient (Wildman–Crippen LogP) is 3.51. The second-order valence-corrected chi connectivity index (χ2v) is 8.15. The number of nitrogens with two attached hydrogens (primary N) is 1. The second kappa shape index (κ2) is 6.69. The molecule has 26 heavy (non-hydrogen) atoms. The molecule has 3 rings (SSSR count). The van der Waals surface area contributed by atoms with Gasteiger partial charge in [0.25, 0.3) is 0 Å². The Bertz CT molecular complexity index is 1080. The molecule has 0 aliphatic carbocycles. The van der Waals surface area contributed by atoms with Gasteiger partial charge < -0.3 is 10.7 Å². The summed E-state index contributed by atoms with van der Waals surface area (Å²) in [5.41, 5.74) is 7.09. The molecular formula is C17H14ClF2N3O2S. The lowest BCUT2D eigenvalue weighted by molar-refractivity contribution is 0.598.